The van der Waals surface area contributed by atoms with Crippen molar-refractivity contribution in [1.29, 1.82) is 0 Å². The lowest BCUT2D eigenvalue weighted by Gasteiger charge is -2.47. The third-order valence-corrected chi connectivity index (χ3v) is 4.86. The summed E-state index contributed by atoms with van der Waals surface area (Å²) in [5.41, 5.74) is 3.70. The summed E-state index contributed by atoms with van der Waals surface area (Å²) in [6.07, 6.45) is 1.60. The molecule has 1 aromatic carbocycles. The van der Waals surface area contributed by atoms with E-state index in [0.29, 0.717) is 19.2 Å². The summed E-state index contributed by atoms with van der Waals surface area (Å²) in [4.78, 5) is 0. The largest absolute Gasteiger partial charge is 0.490 e. The van der Waals surface area contributed by atoms with Gasteiger partial charge in [-0.1, -0.05) is 17.7 Å². The number of aryl methyl sites for hydroxylation is 3. The zero-order chi connectivity index (χ0) is 18.8. The Morgan fingerprint density at radius 1 is 1.12 bits per heavy atom. The summed E-state index contributed by atoms with van der Waals surface area (Å²) in [6, 6.07) is 4.64. The van der Waals surface area contributed by atoms with Crippen LogP contribution < -0.4 is 15.4 Å². The van der Waals surface area contributed by atoms with E-state index < -0.39 is 6.10 Å². The van der Waals surface area contributed by atoms with Crippen LogP contribution >= 0.6 is 0 Å². The van der Waals surface area contributed by atoms with Crippen molar-refractivity contribution in [3.05, 3.63) is 28.8 Å². The van der Waals surface area contributed by atoms with E-state index >= 15 is 0 Å². The zero-order valence-corrected chi connectivity index (χ0v) is 17.0. The van der Waals surface area contributed by atoms with Crippen LogP contribution in [0.4, 0.5) is 0 Å². The number of piperidine rings is 1. The standard InChI is InChI=1S/C21H36N2O2/c1-14-8-15(2)19(16(3)9-14)25-13-18(24)12-22-17-10-20(4,5)23-21(6,7)11-17/h8-9,17-18,22-24H,10-13H2,1-7H3/t18-/m1/s1. The monoisotopic (exact) mass is 348 g/mol. The molecule has 0 aliphatic carbocycles. The van der Waals surface area contributed by atoms with Crippen molar-refractivity contribution in [3.63, 3.8) is 0 Å². The number of aliphatic hydroxyl groups excluding tert-OH is 1. The molecule has 1 fully saturated rings. The lowest BCUT2D eigenvalue weighted by Crippen LogP contribution is -2.62. The summed E-state index contributed by atoms with van der Waals surface area (Å²) in [6.45, 7) is 16.0. The summed E-state index contributed by atoms with van der Waals surface area (Å²) >= 11 is 0. The third-order valence-electron chi connectivity index (χ3n) is 4.86. The maximum atomic E-state index is 10.3. The average Bonchev–Trinajstić information content (AvgIpc) is 2.40. The molecular weight excluding hydrogens is 312 g/mol. The Kier molecular flexibility index (Phi) is 6.18. The van der Waals surface area contributed by atoms with Gasteiger partial charge < -0.3 is 20.5 Å². The van der Waals surface area contributed by atoms with E-state index in [1.54, 1.807) is 0 Å². The molecule has 0 unspecified atom stereocenters. The van der Waals surface area contributed by atoms with Crippen molar-refractivity contribution in [2.75, 3.05) is 13.2 Å². The number of hydrogen-bond donors (Lipinski definition) is 3. The lowest BCUT2D eigenvalue weighted by atomic mass is 9.79. The van der Waals surface area contributed by atoms with Gasteiger partial charge in [0.15, 0.2) is 0 Å². The minimum atomic E-state index is -0.513. The minimum absolute atomic E-state index is 0.108. The molecule has 0 aromatic heterocycles. The Morgan fingerprint density at radius 2 is 1.64 bits per heavy atom. The molecular formula is C21H36N2O2. The highest BCUT2D eigenvalue weighted by molar-refractivity contribution is 5.42. The molecule has 4 heteroatoms. The summed E-state index contributed by atoms with van der Waals surface area (Å²) < 4.78 is 5.90. The Balaban J connectivity index is 1.84. The number of aliphatic hydroxyl groups is 1. The van der Waals surface area contributed by atoms with Crippen molar-refractivity contribution in [2.24, 2.45) is 0 Å². The van der Waals surface area contributed by atoms with E-state index in [0.717, 1.165) is 29.7 Å². The van der Waals surface area contributed by atoms with Crippen LogP contribution in [0.25, 0.3) is 0 Å². The smallest absolute Gasteiger partial charge is 0.125 e. The first-order valence-electron chi connectivity index (χ1n) is 9.39. The number of hydrogen-bond acceptors (Lipinski definition) is 4. The first kappa shape index (κ1) is 20.2. The van der Waals surface area contributed by atoms with Crippen LogP contribution in [0.3, 0.4) is 0 Å². The second kappa shape index (κ2) is 7.65. The highest BCUT2D eigenvalue weighted by Gasteiger charge is 2.37. The normalized spacial score (nSPS) is 21.1. The van der Waals surface area contributed by atoms with Gasteiger partial charge in [-0.2, -0.15) is 0 Å². The highest BCUT2D eigenvalue weighted by Crippen LogP contribution is 2.28. The molecule has 0 amide bonds. The van der Waals surface area contributed by atoms with E-state index in [4.69, 9.17) is 4.74 Å². The number of ether oxygens (including phenoxy) is 1. The van der Waals surface area contributed by atoms with Crippen LogP contribution in [0, 0.1) is 20.8 Å². The van der Waals surface area contributed by atoms with Crippen LogP contribution in [-0.2, 0) is 0 Å². The summed E-state index contributed by atoms with van der Waals surface area (Å²) in [7, 11) is 0. The van der Waals surface area contributed by atoms with Crippen molar-refractivity contribution >= 4 is 0 Å². The molecule has 3 N–H and O–H groups in total. The fourth-order valence-corrected chi connectivity index (χ4v) is 4.40. The fourth-order valence-electron chi connectivity index (χ4n) is 4.40. The molecule has 1 atom stereocenters. The molecule has 1 heterocycles. The molecule has 0 radical (unpaired) electrons. The molecule has 1 aliphatic rings. The highest BCUT2D eigenvalue weighted by atomic mass is 16.5. The van der Waals surface area contributed by atoms with Crippen molar-refractivity contribution in [3.8, 4) is 5.75 Å². The van der Waals surface area contributed by atoms with Gasteiger partial charge in [-0.25, -0.2) is 0 Å². The topological polar surface area (TPSA) is 53.5 Å². The van der Waals surface area contributed by atoms with E-state index in [1.165, 1.54) is 5.56 Å². The zero-order valence-electron chi connectivity index (χ0n) is 17.0. The van der Waals surface area contributed by atoms with Crippen LogP contribution in [0.5, 0.6) is 5.75 Å². The van der Waals surface area contributed by atoms with Gasteiger partial charge in [-0.3, -0.25) is 0 Å². The van der Waals surface area contributed by atoms with Crippen LogP contribution in [0.2, 0.25) is 0 Å². The van der Waals surface area contributed by atoms with Gasteiger partial charge in [0.2, 0.25) is 0 Å². The molecule has 0 saturated carbocycles. The first-order valence-corrected chi connectivity index (χ1v) is 9.39. The molecule has 25 heavy (non-hydrogen) atoms. The van der Waals surface area contributed by atoms with Gasteiger partial charge in [0.1, 0.15) is 18.5 Å². The number of nitrogens with one attached hydrogen (secondary N) is 2. The van der Waals surface area contributed by atoms with Crippen LogP contribution in [0.15, 0.2) is 12.1 Å². The number of rotatable bonds is 6. The first-order chi connectivity index (χ1) is 11.5. The predicted octanol–water partition coefficient (Wildman–Crippen LogP) is 3.25. The second-order valence-electron chi connectivity index (χ2n) is 9.10. The maximum absolute atomic E-state index is 10.3. The van der Waals surface area contributed by atoms with Gasteiger partial charge in [0.05, 0.1) is 0 Å². The van der Waals surface area contributed by atoms with E-state index in [2.05, 4.69) is 71.2 Å². The predicted molar refractivity (Wildman–Crippen MR) is 104 cm³/mol. The van der Waals surface area contributed by atoms with Crippen molar-refractivity contribution in [2.45, 2.75) is 84.5 Å². The molecule has 0 bridgehead atoms. The Hall–Kier alpha value is -1.10. The SMILES string of the molecule is Cc1cc(C)c(OC[C@H](O)CNC2CC(C)(C)NC(C)(C)C2)c(C)c1. The Labute approximate surface area is 153 Å². The van der Waals surface area contributed by atoms with Gasteiger partial charge in [-0.05, 0) is 72.4 Å². The second-order valence-corrected chi connectivity index (χ2v) is 9.10. The maximum Gasteiger partial charge on any atom is 0.125 e. The van der Waals surface area contributed by atoms with Crippen molar-refractivity contribution in [1.82, 2.24) is 10.6 Å². The molecule has 142 valence electrons. The molecule has 4 nitrogen and oxygen atoms in total. The fraction of sp³-hybridized carbons (Fsp3) is 0.714. The van der Waals surface area contributed by atoms with Gasteiger partial charge in [0.25, 0.3) is 0 Å². The average molecular weight is 349 g/mol. The van der Waals surface area contributed by atoms with Crippen LogP contribution in [-0.4, -0.2) is 41.5 Å². The molecule has 0 spiro atoms. The van der Waals surface area contributed by atoms with E-state index in [1.807, 2.05) is 0 Å². The molecule has 1 aliphatic heterocycles. The summed E-state index contributed by atoms with van der Waals surface area (Å²) in [5.74, 6) is 0.897. The minimum Gasteiger partial charge on any atom is -0.490 e. The van der Waals surface area contributed by atoms with Gasteiger partial charge in [0, 0.05) is 23.7 Å². The van der Waals surface area contributed by atoms with Gasteiger partial charge in [-0.15, -0.1) is 0 Å². The molecule has 1 aromatic rings. The Bertz CT molecular complexity index is 557. The third kappa shape index (κ3) is 5.98. The number of benzene rings is 1. The summed E-state index contributed by atoms with van der Waals surface area (Å²) in [5, 5.41) is 17.6. The van der Waals surface area contributed by atoms with Crippen LogP contribution in [0.1, 0.15) is 57.2 Å². The Morgan fingerprint density at radius 3 is 2.16 bits per heavy atom. The lowest BCUT2D eigenvalue weighted by molar-refractivity contribution is 0.0896. The van der Waals surface area contributed by atoms with Gasteiger partial charge >= 0.3 is 0 Å². The van der Waals surface area contributed by atoms with E-state index in [9.17, 15) is 5.11 Å². The van der Waals surface area contributed by atoms with Crippen molar-refractivity contribution < 1.29 is 9.84 Å². The van der Waals surface area contributed by atoms with E-state index in [-0.39, 0.29) is 11.1 Å². The molecule has 1 saturated heterocycles. The molecule has 2 rings (SSSR count). The quantitative estimate of drug-likeness (QED) is 0.739.